The Morgan fingerprint density at radius 2 is 2.00 bits per heavy atom. The fourth-order valence-electron chi connectivity index (χ4n) is 3.81. The van der Waals surface area contributed by atoms with Crippen LogP contribution in [0, 0.1) is 18.8 Å². The Bertz CT molecular complexity index is 639. The van der Waals surface area contributed by atoms with Crippen LogP contribution in [-0.2, 0) is 22.6 Å². The number of hydrogen-bond donors (Lipinski definition) is 2. The zero-order chi connectivity index (χ0) is 18.5. The Labute approximate surface area is 159 Å². The summed E-state index contributed by atoms with van der Waals surface area (Å²) in [5.41, 5.74) is 1.02. The average molecular weight is 379 g/mol. The summed E-state index contributed by atoms with van der Waals surface area (Å²) in [6.45, 7) is 7.77. The van der Waals surface area contributed by atoms with Crippen LogP contribution in [0.4, 0.5) is 0 Å². The van der Waals surface area contributed by atoms with E-state index in [0.29, 0.717) is 26.1 Å². The fraction of sp³-hybridized carbons (Fsp3) is 0.737. The number of aryl methyl sites for hydroxylation is 2. The van der Waals surface area contributed by atoms with Gasteiger partial charge in [0.25, 0.3) is 0 Å². The van der Waals surface area contributed by atoms with Crippen molar-refractivity contribution in [2.24, 2.45) is 11.8 Å². The number of nitrogens with zero attached hydrogens (tertiary/aromatic N) is 2. The van der Waals surface area contributed by atoms with Crippen LogP contribution in [0.5, 0.6) is 0 Å². The van der Waals surface area contributed by atoms with Gasteiger partial charge in [-0.15, -0.1) is 11.3 Å². The maximum Gasteiger partial charge on any atom is 0.226 e. The Morgan fingerprint density at radius 1 is 1.27 bits per heavy atom. The molecule has 2 N–H and O–H groups in total. The highest BCUT2D eigenvalue weighted by atomic mass is 32.1. The van der Waals surface area contributed by atoms with Crippen LogP contribution in [0.1, 0.15) is 48.2 Å². The molecule has 2 fully saturated rings. The van der Waals surface area contributed by atoms with E-state index >= 15 is 0 Å². The van der Waals surface area contributed by atoms with Gasteiger partial charge >= 0.3 is 0 Å². The molecule has 0 aliphatic carbocycles. The molecule has 0 radical (unpaired) electrons. The van der Waals surface area contributed by atoms with Crippen molar-refractivity contribution in [2.45, 2.75) is 52.5 Å². The van der Waals surface area contributed by atoms with Crippen molar-refractivity contribution in [3.8, 4) is 0 Å². The van der Waals surface area contributed by atoms with Crippen LogP contribution in [0.2, 0.25) is 0 Å². The lowest BCUT2D eigenvalue weighted by Crippen LogP contribution is -2.48. The van der Waals surface area contributed by atoms with E-state index in [1.165, 1.54) is 0 Å². The second-order valence-corrected chi connectivity index (χ2v) is 8.57. The zero-order valence-electron chi connectivity index (χ0n) is 15.8. The highest BCUT2D eigenvalue weighted by Crippen LogP contribution is 2.22. The Morgan fingerprint density at radius 3 is 2.73 bits per heavy atom. The number of piperidine rings is 1. The summed E-state index contributed by atoms with van der Waals surface area (Å²) >= 11 is 1.69. The highest BCUT2D eigenvalue weighted by molar-refractivity contribution is 7.11. The molecule has 6 nitrogen and oxygen atoms in total. The number of hydrogen-bond acceptors (Lipinski definition) is 5. The Balaban J connectivity index is 1.51. The number of thiazole rings is 1. The van der Waals surface area contributed by atoms with Gasteiger partial charge in [-0.2, -0.15) is 0 Å². The first-order valence-electron chi connectivity index (χ1n) is 9.80. The van der Waals surface area contributed by atoms with Crippen molar-refractivity contribution < 1.29 is 9.59 Å². The molecule has 3 heterocycles. The molecular formula is C19H30N4O2S. The molecule has 26 heavy (non-hydrogen) atoms. The van der Waals surface area contributed by atoms with Crippen molar-refractivity contribution in [2.75, 3.05) is 26.2 Å². The molecule has 2 saturated heterocycles. The molecule has 2 amide bonds. The van der Waals surface area contributed by atoms with E-state index in [4.69, 9.17) is 0 Å². The normalized spacial score (nSPS) is 23.2. The van der Waals surface area contributed by atoms with Gasteiger partial charge in [-0.3, -0.25) is 9.59 Å². The van der Waals surface area contributed by atoms with Crippen LogP contribution in [0.15, 0.2) is 0 Å². The van der Waals surface area contributed by atoms with E-state index in [9.17, 15) is 9.59 Å². The number of carbonyl (C=O) groups excluding carboxylic acids is 2. The molecule has 1 aromatic rings. The Hall–Kier alpha value is -1.47. The number of amides is 2. The minimum atomic E-state index is -0.136. The van der Waals surface area contributed by atoms with Crippen LogP contribution in [0.25, 0.3) is 0 Å². The van der Waals surface area contributed by atoms with Gasteiger partial charge in [0.15, 0.2) is 0 Å². The maximum absolute atomic E-state index is 12.6. The molecule has 0 aromatic carbocycles. The predicted molar refractivity (Wildman–Crippen MR) is 103 cm³/mol. The zero-order valence-corrected chi connectivity index (χ0v) is 16.7. The van der Waals surface area contributed by atoms with Crippen molar-refractivity contribution in [3.05, 3.63) is 15.6 Å². The molecule has 1 aromatic heterocycles. The number of carbonyl (C=O) groups is 2. The molecule has 2 atom stereocenters. The quantitative estimate of drug-likeness (QED) is 0.792. The SMILES string of the molecule is CCCc1nc(C)c(CNC(=O)[C@H]2CNC[C@@H](C(=O)N3CCCC3)C2)s1. The first-order valence-corrected chi connectivity index (χ1v) is 10.6. The summed E-state index contributed by atoms with van der Waals surface area (Å²) in [4.78, 5) is 32.9. The molecule has 0 unspecified atom stereocenters. The molecule has 0 spiro atoms. The van der Waals surface area contributed by atoms with Gasteiger partial charge in [0, 0.05) is 31.1 Å². The van der Waals surface area contributed by atoms with Gasteiger partial charge in [0.2, 0.25) is 11.8 Å². The topological polar surface area (TPSA) is 74.3 Å². The molecule has 2 aliphatic rings. The van der Waals surface area contributed by atoms with E-state index in [1.54, 1.807) is 11.3 Å². The second kappa shape index (κ2) is 8.95. The van der Waals surface area contributed by atoms with E-state index in [2.05, 4.69) is 22.5 Å². The smallest absolute Gasteiger partial charge is 0.226 e. The van der Waals surface area contributed by atoms with Gasteiger partial charge in [-0.1, -0.05) is 6.92 Å². The third-order valence-electron chi connectivity index (χ3n) is 5.31. The lowest BCUT2D eigenvalue weighted by molar-refractivity contribution is -0.136. The van der Waals surface area contributed by atoms with E-state index < -0.39 is 0 Å². The number of likely N-dealkylation sites (tertiary alicyclic amines) is 1. The predicted octanol–water partition coefficient (Wildman–Crippen LogP) is 1.87. The molecular weight excluding hydrogens is 348 g/mol. The molecule has 7 heteroatoms. The van der Waals surface area contributed by atoms with Gasteiger partial charge in [0.05, 0.1) is 29.1 Å². The maximum atomic E-state index is 12.6. The number of aromatic nitrogens is 1. The third kappa shape index (κ3) is 4.62. The average Bonchev–Trinajstić information content (AvgIpc) is 3.29. The lowest BCUT2D eigenvalue weighted by Gasteiger charge is -2.31. The van der Waals surface area contributed by atoms with E-state index in [-0.39, 0.29) is 23.7 Å². The summed E-state index contributed by atoms with van der Waals surface area (Å²) in [5.74, 6) is 0.0545. The van der Waals surface area contributed by atoms with Crippen molar-refractivity contribution in [1.82, 2.24) is 20.5 Å². The van der Waals surface area contributed by atoms with E-state index in [1.807, 2.05) is 11.8 Å². The summed E-state index contributed by atoms with van der Waals surface area (Å²) in [6, 6.07) is 0. The monoisotopic (exact) mass is 378 g/mol. The van der Waals surface area contributed by atoms with E-state index in [0.717, 1.165) is 54.4 Å². The Kier molecular flexibility index (Phi) is 6.64. The van der Waals surface area contributed by atoms with Gasteiger partial charge in [-0.05, 0) is 39.0 Å². The van der Waals surface area contributed by atoms with Gasteiger partial charge in [0.1, 0.15) is 0 Å². The van der Waals surface area contributed by atoms with Crippen LogP contribution in [0.3, 0.4) is 0 Å². The third-order valence-corrected chi connectivity index (χ3v) is 6.53. The number of rotatable bonds is 6. The standard InChI is InChI=1S/C19H30N4O2S/c1-3-6-17-22-13(2)16(26-17)12-21-18(24)14-9-15(11-20-10-14)19(25)23-7-4-5-8-23/h14-15,20H,3-12H2,1-2H3,(H,21,24)/t14-,15+/m1/s1. The van der Waals surface area contributed by atoms with Crippen molar-refractivity contribution >= 4 is 23.2 Å². The van der Waals surface area contributed by atoms with Gasteiger partial charge < -0.3 is 15.5 Å². The summed E-state index contributed by atoms with van der Waals surface area (Å²) in [6.07, 6.45) is 4.93. The minimum Gasteiger partial charge on any atom is -0.351 e. The van der Waals surface area contributed by atoms with Crippen LogP contribution in [-0.4, -0.2) is 47.9 Å². The lowest BCUT2D eigenvalue weighted by atomic mass is 9.89. The van der Waals surface area contributed by atoms with Crippen molar-refractivity contribution in [1.29, 1.82) is 0 Å². The molecule has 0 bridgehead atoms. The molecule has 3 rings (SSSR count). The number of nitrogens with one attached hydrogen (secondary N) is 2. The largest absolute Gasteiger partial charge is 0.351 e. The minimum absolute atomic E-state index is 0.0428. The second-order valence-electron chi connectivity index (χ2n) is 7.40. The summed E-state index contributed by atoms with van der Waals surface area (Å²) < 4.78 is 0. The first kappa shape index (κ1) is 19.3. The molecule has 144 valence electrons. The highest BCUT2D eigenvalue weighted by Gasteiger charge is 2.34. The van der Waals surface area contributed by atoms with Crippen molar-refractivity contribution in [3.63, 3.8) is 0 Å². The van der Waals surface area contributed by atoms with Crippen LogP contribution >= 0.6 is 11.3 Å². The first-order chi connectivity index (χ1) is 12.6. The molecule has 2 aliphatic heterocycles. The van der Waals surface area contributed by atoms with Crippen LogP contribution < -0.4 is 10.6 Å². The van der Waals surface area contributed by atoms with Gasteiger partial charge in [-0.25, -0.2) is 4.98 Å². The molecule has 0 saturated carbocycles. The summed E-state index contributed by atoms with van der Waals surface area (Å²) in [7, 11) is 0. The summed E-state index contributed by atoms with van der Waals surface area (Å²) in [5, 5.41) is 7.49. The fourth-order valence-corrected chi connectivity index (χ4v) is 4.92.